The van der Waals surface area contributed by atoms with Crippen molar-refractivity contribution in [3.63, 3.8) is 0 Å². The van der Waals surface area contributed by atoms with Gasteiger partial charge in [-0.2, -0.15) is 0 Å². The van der Waals surface area contributed by atoms with Crippen LogP contribution in [-0.2, 0) is 14.6 Å². The van der Waals surface area contributed by atoms with Crippen LogP contribution in [-0.4, -0.2) is 61.1 Å². The number of ether oxygens (including phenoxy) is 1. The van der Waals surface area contributed by atoms with E-state index >= 15 is 0 Å². The zero-order valence-electron chi connectivity index (χ0n) is 18.1. The van der Waals surface area contributed by atoms with Crippen molar-refractivity contribution in [3.05, 3.63) is 28.8 Å². The minimum atomic E-state index is -2.97. The second kappa shape index (κ2) is 8.15. The van der Waals surface area contributed by atoms with Crippen molar-refractivity contribution in [3.8, 4) is 5.75 Å². The summed E-state index contributed by atoms with van der Waals surface area (Å²) in [5.41, 5.74) is 3.43. The first-order valence-corrected chi connectivity index (χ1v) is 12.9. The van der Waals surface area contributed by atoms with Crippen molar-refractivity contribution in [2.75, 3.05) is 24.6 Å². The average molecular weight is 436 g/mol. The molecular weight excluding hydrogens is 402 g/mol. The van der Waals surface area contributed by atoms with Gasteiger partial charge in [-0.1, -0.05) is 6.07 Å². The van der Waals surface area contributed by atoms with E-state index in [4.69, 9.17) is 4.74 Å². The van der Waals surface area contributed by atoms with Crippen LogP contribution < -0.4 is 4.74 Å². The third kappa shape index (κ3) is 4.37. The molecule has 3 fully saturated rings. The standard InChI is InChI=1S/C23H33NO5S/c1-14-8-15(2)16(3)21(9-14)29-22-11-19-13-24(12-18(19)10-20(22)25)23(26)17-4-6-30(27,28)7-5-17/h8-9,17-20,22,25H,4-7,10-13H2,1-3H3/t18-,19+,20+,22+/m0/s1. The Kier molecular flexibility index (Phi) is 5.88. The summed E-state index contributed by atoms with van der Waals surface area (Å²) in [6.07, 6.45) is 1.45. The summed E-state index contributed by atoms with van der Waals surface area (Å²) >= 11 is 0. The molecule has 1 amide bonds. The molecule has 1 N–H and O–H groups in total. The van der Waals surface area contributed by atoms with E-state index in [1.54, 1.807) is 0 Å². The summed E-state index contributed by atoms with van der Waals surface area (Å²) in [6.45, 7) is 7.51. The van der Waals surface area contributed by atoms with Crippen LogP contribution in [0.5, 0.6) is 5.75 Å². The average Bonchev–Trinajstić information content (AvgIpc) is 3.08. The highest BCUT2D eigenvalue weighted by Crippen LogP contribution is 2.39. The molecule has 0 spiro atoms. The van der Waals surface area contributed by atoms with Gasteiger partial charge < -0.3 is 14.7 Å². The summed E-state index contributed by atoms with van der Waals surface area (Å²) < 4.78 is 29.6. The molecule has 7 heteroatoms. The van der Waals surface area contributed by atoms with E-state index in [-0.39, 0.29) is 35.4 Å². The number of carbonyl (C=O) groups excluding carboxylic acids is 1. The first-order valence-electron chi connectivity index (χ1n) is 11.0. The van der Waals surface area contributed by atoms with Crippen LogP contribution in [0, 0.1) is 38.5 Å². The van der Waals surface area contributed by atoms with Crippen molar-refractivity contribution in [2.45, 2.75) is 58.7 Å². The molecule has 4 atom stereocenters. The van der Waals surface area contributed by atoms with Crippen molar-refractivity contribution in [1.82, 2.24) is 4.90 Å². The number of fused-ring (bicyclic) bond motifs is 1. The molecule has 1 aliphatic carbocycles. The molecule has 1 aromatic rings. The molecule has 1 saturated carbocycles. The topological polar surface area (TPSA) is 83.9 Å². The number of rotatable bonds is 3. The summed E-state index contributed by atoms with van der Waals surface area (Å²) in [5.74, 6) is 1.60. The Balaban J connectivity index is 1.40. The number of aliphatic hydroxyl groups is 1. The van der Waals surface area contributed by atoms with E-state index in [0.717, 1.165) is 23.3 Å². The van der Waals surface area contributed by atoms with Crippen molar-refractivity contribution in [2.24, 2.45) is 17.8 Å². The molecule has 2 aliphatic heterocycles. The number of hydrogen-bond acceptors (Lipinski definition) is 5. The van der Waals surface area contributed by atoms with Crippen LogP contribution in [0.3, 0.4) is 0 Å². The Labute approximate surface area is 179 Å². The number of amides is 1. The summed E-state index contributed by atoms with van der Waals surface area (Å²) in [7, 11) is -2.97. The van der Waals surface area contributed by atoms with E-state index in [9.17, 15) is 18.3 Å². The van der Waals surface area contributed by atoms with Crippen LogP contribution in [0.15, 0.2) is 12.1 Å². The molecule has 6 nitrogen and oxygen atoms in total. The third-order valence-corrected chi connectivity index (χ3v) is 9.06. The zero-order chi connectivity index (χ0) is 21.6. The van der Waals surface area contributed by atoms with Crippen LogP contribution in [0.2, 0.25) is 0 Å². The highest BCUT2D eigenvalue weighted by Gasteiger charge is 2.45. The normalized spacial score (nSPS) is 31.4. The van der Waals surface area contributed by atoms with Crippen LogP contribution in [0.25, 0.3) is 0 Å². The molecule has 30 heavy (non-hydrogen) atoms. The van der Waals surface area contributed by atoms with Crippen LogP contribution in [0.4, 0.5) is 0 Å². The van der Waals surface area contributed by atoms with E-state index < -0.39 is 15.9 Å². The molecule has 3 aliphatic rings. The lowest BCUT2D eigenvalue weighted by Gasteiger charge is -2.35. The monoisotopic (exact) mass is 435 g/mol. The lowest BCUT2D eigenvalue weighted by Crippen LogP contribution is -2.42. The molecule has 0 unspecified atom stereocenters. The Bertz CT molecular complexity index is 914. The van der Waals surface area contributed by atoms with Gasteiger partial charge in [-0.25, -0.2) is 8.42 Å². The molecule has 4 rings (SSSR count). The van der Waals surface area contributed by atoms with Gasteiger partial charge in [0, 0.05) is 19.0 Å². The van der Waals surface area contributed by atoms with Gasteiger partial charge in [-0.05, 0) is 81.0 Å². The number of aryl methyl sites for hydroxylation is 2. The van der Waals surface area contributed by atoms with Gasteiger partial charge in [0.15, 0.2) is 0 Å². The minimum Gasteiger partial charge on any atom is -0.487 e. The summed E-state index contributed by atoms with van der Waals surface area (Å²) in [4.78, 5) is 14.9. The SMILES string of the molecule is Cc1cc(C)c(C)c(O[C@@H]2C[C@@H]3CN(C(=O)C4CCS(=O)(=O)CC4)C[C@@H]3C[C@H]2O)c1. The highest BCUT2D eigenvalue weighted by molar-refractivity contribution is 7.91. The summed E-state index contributed by atoms with van der Waals surface area (Å²) in [6, 6.07) is 4.16. The van der Waals surface area contributed by atoms with E-state index in [1.165, 1.54) is 5.56 Å². The second-order valence-corrected chi connectivity index (χ2v) is 11.9. The van der Waals surface area contributed by atoms with Crippen molar-refractivity contribution >= 4 is 15.7 Å². The lowest BCUT2D eigenvalue weighted by atomic mass is 9.78. The van der Waals surface area contributed by atoms with Crippen LogP contribution in [0.1, 0.15) is 42.4 Å². The number of nitrogens with zero attached hydrogens (tertiary/aromatic N) is 1. The van der Waals surface area contributed by atoms with Crippen molar-refractivity contribution < 1.29 is 23.1 Å². The number of aliphatic hydroxyl groups excluding tert-OH is 1. The molecule has 1 aromatic carbocycles. The number of hydrogen-bond donors (Lipinski definition) is 1. The predicted molar refractivity (Wildman–Crippen MR) is 115 cm³/mol. The quantitative estimate of drug-likeness (QED) is 0.788. The zero-order valence-corrected chi connectivity index (χ0v) is 19.0. The number of likely N-dealkylation sites (tertiary alicyclic amines) is 1. The molecule has 166 valence electrons. The minimum absolute atomic E-state index is 0.0939. The fourth-order valence-corrected chi connectivity index (χ4v) is 6.87. The molecule has 0 bridgehead atoms. The second-order valence-electron chi connectivity index (χ2n) is 9.59. The van der Waals surface area contributed by atoms with Gasteiger partial charge in [0.2, 0.25) is 5.91 Å². The smallest absolute Gasteiger partial charge is 0.225 e. The first kappa shape index (κ1) is 21.6. The number of benzene rings is 1. The number of carbonyl (C=O) groups is 1. The first-order chi connectivity index (χ1) is 14.1. The van der Waals surface area contributed by atoms with Gasteiger partial charge in [0.1, 0.15) is 21.7 Å². The lowest BCUT2D eigenvalue weighted by molar-refractivity contribution is -0.135. The van der Waals surface area contributed by atoms with Gasteiger partial charge in [-0.3, -0.25) is 4.79 Å². The fourth-order valence-electron chi connectivity index (χ4n) is 5.38. The Hall–Kier alpha value is -1.60. The fraction of sp³-hybridized carbons (Fsp3) is 0.696. The maximum atomic E-state index is 13.0. The Morgan fingerprint density at radius 3 is 2.37 bits per heavy atom. The van der Waals surface area contributed by atoms with E-state index in [2.05, 4.69) is 13.0 Å². The Morgan fingerprint density at radius 2 is 1.70 bits per heavy atom. The molecule has 0 radical (unpaired) electrons. The highest BCUT2D eigenvalue weighted by atomic mass is 32.2. The maximum absolute atomic E-state index is 13.0. The largest absolute Gasteiger partial charge is 0.487 e. The summed E-state index contributed by atoms with van der Waals surface area (Å²) in [5, 5.41) is 10.7. The third-order valence-electron chi connectivity index (χ3n) is 7.34. The van der Waals surface area contributed by atoms with Gasteiger partial charge in [-0.15, -0.1) is 0 Å². The molecule has 2 heterocycles. The van der Waals surface area contributed by atoms with Gasteiger partial charge in [0.25, 0.3) is 0 Å². The Morgan fingerprint density at radius 1 is 1.07 bits per heavy atom. The molecular formula is C23H33NO5S. The van der Waals surface area contributed by atoms with E-state index in [0.29, 0.717) is 38.3 Å². The predicted octanol–water partition coefficient (Wildman–Crippen LogP) is 2.41. The molecule has 0 aromatic heterocycles. The number of sulfone groups is 1. The maximum Gasteiger partial charge on any atom is 0.225 e. The van der Waals surface area contributed by atoms with Gasteiger partial charge >= 0.3 is 0 Å². The van der Waals surface area contributed by atoms with E-state index in [1.807, 2.05) is 24.8 Å². The van der Waals surface area contributed by atoms with Gasteiger partial charge in [0.05, 0.1) is 17.6 Å². The van der Waals surface area contributed by atoms with Crippen molar-refractivity contribution in [1.29, 1.82) is 0 Å². The molecule has 2 saturated heterocycles. The van der Waals surface area contributed by atoms with Crippen LogP contribution >= 0.6 is 0 Å².